The lowest BCUT2D eigenvalue weighted by Crippen LogP contribution is -2.12. The van der Waals surface area contributed by atoms with Crippen molar-refractivity contribution in [2.75, 3.05) is 16.3 Å². The molecule has 0 unspecified atom stereocenters. The summed E-state index contributed by atoms with van der Waals surface area (Å²) in [4.78, 5) is 4.81. The van der Waals surface area contributed by atoms with Gasteiger partial charge in [-0.1, -0.05) is 109 Å². The van der Waals surface area contributed by atoms with E-state index in [1.807, 2.05) is 0 Å². The SMILES string of the molecule is c1ccc2c(c1)CCN2c1ccc(-c2ccc(N(c3ccc4ccccc4c3)c3cccc4ccccc34)cc2)cc1. The summed E-state index contributed by atoms with van der Waals surface area (Å²) in [6.45, 7) is 1.03. The van der Waals surface area contributed by atoms with Gasteiger partial charge in [-0.25, -0.2) is 0 Å². The van der Waals surface area contributed by atoms with Crippen LogP contribution < -0.4 is 9.80 Å². The molecule has 200 valence electrons. The molecule has 2 nitrogen and oxygen atoms in total. The minimum Gasteiger partial charge on any atom is -0.341 e. The fraction of sp³-hybridized carbons (Fsp3) is 0.0500. The molecule has 1 heterocycles. The highest BCUT2D eigenvalue weighted by Gasteiger charge is 2.20. The summed E-state index contributed by atoms with van der Waals surface area (Å²) in [6, 6.07) is 57.2. The van der Waals surface area contributed by atoms with E-state index in [0.29, 0.717) is 0 Å². The molecule has 0 N–H and O–H groups in total. The van der Waals surface area contributed by atoms with Gasteiger partial charge in [-0.15, -0.1) is 0 Å². The molecule has 7 aromatic carbocycles. The predicted molar refractivity (Wildman–Crippen MR) is 179 cm³/mol. The monoisotopic (exact) mass is 538 g/mol. The van der Waals surface area contributed by atoms with Gasteiger partial charge in [0.2, 0.25) is 0 Å². The first-order chi connectivity index (χ1) is 20.8. The van der Waals surface area contributed by atoms with E-state index in [4.69, 9.17) is 0 Å². The molecule has 0 saturated heterocycles. The Bertz CT molecular complexity index is 2040. The third kappa shape index (κ3) is 4.29. The first-order valence-electron chi connectivity index (χ1n) is 14.6. The summed E-state index contributed by atoms with van der Waals surface area (Å²) in [5.74, 6) is 0. The molecule has 42 heavy (non-hydrogen) atoms. The first-order valence-corrected chi connectivity index (χ1v) is 14.6. The van der Waals surface area contributed by atoms with Crippen LogP contribution >= 0.6 is 0 Å². The molecule has 0 atom stereocenters. The highest BCUT2D eigenvalue weighted by atomic mass is 15.2. The van der Waals surface area contributed by atoms with E-state index in [9.17, 15) is 0 Å². The zero-order valence-electron chi connectivity index (χ0n) is 23.3. The number of nitrogens with zero attached hydrogens (tertiary/aromatic N) is 2. The number of benzene rings is 7. The lowest BCUT2D eigenvalue weighted by Gasteiger charge is -2.27. The molecular weight excluding hydrogens is 508 g/mol. The van der Waals surface area contributed by atoms with Gasteiger partial charge in [0, 0.05) is 34.7 Å². The maximum Gasteiger partial charge on any atom is 0.0540 e. The number of hydrogen-bond donors (Lipinski definition) is 0. The maximum atomic E-state index is 2.42. The Morgan fingerprint density at radius 3 is 1.95 bits per heavy atom. The van der Waals surface area contributed by atoms with E-state index in [1.165, 1.54) is 55.3 Å². The van der Waals surface area contributed by atoms with E-state index in [-0.39, 0.29) is 0 Å². The number of fused-ring (bicyclic) bond motifs is 3. The summed E-state index contributed by atoms with van der Waals surface area (Å²) in [5.41, 5.74) is 9.90. The van der Waals surface area contributed by atoms with Crippen molar-refractivity contribution in [3.05, 3.63) is 163 Å². The molecule has 7 aromatic rings. The maximum absolute atomic E-state index is 2.42. The van der Waals surface area contributed by atoms with Crippen molar-refractivity contribution in [2.45, 2.75) is 6.42 Å². The van der Waals surface area contributed by atoms with Crippen LogP contribution in [0.5, 0.6) is 0 Å². The van der Waals surface area contributed by atoms with Crippen molar-refractivity contribution in [3.8, 4) is 11.1 Å². The van der Waals surface area contributed by atoms with Crippen molar-refractivity contribution in [1.82, 2.24) is 0 Å². The Balaban J connectivity index is 1.17. The van der Waals surface area contributed by atoms with Gasteiger partial charge in [-0.3, -0.25) is 0 Å². The van der Waals surface area contributed by atoms with E-state index in [2.05, 4.69) is 168 Å². The molecule has 0 aliphatic carbocycles. The fourth-order valence-corrected chi connectivity index (χ4v) is 6.39. The van der Waals surface area contributed by atoms with Crippen LogP contribution in [0.2, 0.25) is 0 Å². The molecule has 0 amide bonds. The second kappa shape index (κ2) is 10.2. The van der Waals surface area contributed by atoms with E-state index in [1.54, 1.807) is 0 Å². The molecule has 0 fully saturated rings. The fourth-order valence-electron chi connectivity index (χ4n) is 6.39. The molecule has 0 aromatic heterocycles. The van der Waals surface area contributed by atoms with Crippen LogP contribution in [0.15, 0.2) is 158 Å². The highest BCUT2D eigenvalue weighted by Crippen LogP contribution is 2.41. The third-order valence-electron chi connectivity index (χ3n) is 8.52. The zero-order valence-corrected chi connectivity index (χ0v) is 23.3. The van der Waals surface area contributed by atoms with Crippen LogP contribution in [0.3, 0.4) is 0 Å². The number of anilines is 5. The summed E-state index contributed by atoms with van der Waals surface area (Å²) < 4.78 is 0. The summed E-state index contributed by atoms with van der Waals surface area (Å²) in [5, 5.41) is 4.95. The number of hydrogen-bond acceptors (Lipinski definition) is 2. The Hall–Kier alpha value is -5.34. The summed E-state index contributed by atoms with van der Waals surface area (Å²) in [6.07, 6.45) is 1.10. The molecule has 0 bridgehead atoms. The first kappa shape index (κ1) is 24.5. The lowest BCUT2D eigenvalue weighted by molar-refractivity contribution is 0.998. The molecule has 1 aliphatic rings. The molecule has 0 saturated carbocycles. The van der Waals surface area contributed by atoms with E-state index >= 15 is 0 Å². The molecule has 8 rings (SSSR count). The highest BCUT2D eigenvalue weighted by molar-refractivity contribution is 6.00. The second-order valence-electron chi connectivity index (χ2n) is 11.0. The average molecular weight is 539 g/mol. The van der Waals surface area contributed by atoms with Gasteiger partial charge in [0.25, 0.3) is 0 Å². The quantitative estimate of drug-likeness (QED) is 0.215. The van der Waals surface area contributed by atoms with Gasteiger partial charge < -0.3 is 9.80 Å². The van der Waals surface area contributed by atoms with Crippen LogP contribution in [0, 0.1) is 0 Å². The Morgan fingerprint density at radius 2 is 1.12 bits per heavy atom. The lowest BCUT2D eigenvalue weighted by atomic mass is 10.0. The Labute approximate surface area is 246 Å². The molecule has 2 heteroatoms. The van der Waals surface area contributed by atoms with Gasteiger partial charge in [0.05, 0.1) is 5.69 Å². The minimum atomic E-state index is 1.03. The van der Waals surface area contributed by atoms with E-state index < -0.39 is 0 Å². The van der Waals surface area contributed by atoms with Crippen molar-refractivity contribution < 1.29 is 0 Å². The van der Waals surface area contributed by atoms with Crippen molar-refractivity contribution in [2.24, 2.45) is 0 Å². The van der Waals surface area contributed by atoms with Gasteiger partial charge in [0.15, 0.2) is 0 Å². The zero-order chi connectivity index (χ0) is 27.9. The average Bonchev–Trinajstić information content (AvgIpc) is 3.50. The van der Waals surface area contributed by atoms with Crippen molar-refractivity contribution in [1.29, 1.82) is 0 Å². The minimum absolute atomic E-state index is 1.03. The van der Waals surface area contributed by atoms with Gasteiger partial charge >= 0.3 is 0 Å². The number of para-hydroxylation sites is 1. The summed E-state index contributed by atoms with van der Waals surface area (Å²) in [7, 11) is 0. The van der Waals surface area contributed by atoms with Crippen LogP contribution in [-0.2, 0) is 6.42 Å². The Kier molecular flexibility index (Phi) is 5.97. The van der Waals surface area contributed by atoms with Crippen LogP contribution in [0.25, 0.3) is 32.7 Å². The molecular formula is C40H30N2. The molecule has 0 spiro atoms. The van der Waals surface area contributed by atoms with Crippen molar-refractivity contribution >= 4 is 50.0 Å². The topological polar surface area (TPSA) is 6.48 Å². The smallest absolute Gasteiger partial charge is 0.0540 e. The largest absolute Gasteiger partial charge is 0.341 e. The number of rotatable bonds is 5. The normalized spacial score (nSPS) is 12.5. The summed E-state index contributed by atoms with van der Waals surface area (Å²) >= 11 is 0. The molecule has 1 aliphatic heterocycles. The predicted octanol–water partition coefficient (Wildman–Crippen LogP) is 10.8. The van der Waals surface area contributed by atoms with E-state index in [0.717, 1.165) is 24.3 Å². The van der Waals surface area contributed by atoms with Crippen LogP contribution in [-0.4, -0.2) is 6.54 Å². The van der Waals surface area contributed by atoms with Crippen LogP contribution in [0.4, 0.5) is 28.4 Å². The third-order valence-corrected chi connectivity index (χ3v) is 8.52. The molecule has 0 radical (unpaired) electrons. The van der Waals surface area contributed by atoms with Gasteiger partial charge in [0.1, 0.15) is 0 Å². The Morgan fingerprint density at radius 1 is 0.476 bits per heavy atom. The van der Waals surface area contributed by atoms with Gasteiger partial charge in [-0.2, -0.15) is 0 Å². The van der Waals surface area contributed by atoms with Crippen molar-refractivity contribution in [3.63, 3.8) is 0 Å². The van der Waals surface area contributed by atoms with Gasteiger partial charge in [-0.05, 0) is 87.8 Å². The van der Waals surface area contributed by atoms with Crippen LogP contribution in [0.1, 0.15) is 5.56 Å². The second-order valence-corrected chi connectivity index (χ2v) is 11.0. The standard InChI is InChI=1S/C40H30N2/c1-2-11-34-28-37(25-20-29(34)8-1)42(40-15-7-12-32-9-3-5-13-38(32)40)36-23-18-31(19-24-36)30-16-21-35(22-17-30)41-27-26-33-10-4-6-14-39(33)41/h1-25,28H,26-27H2.